The van der Waals surface area contributed by atoms with Crippen LogP contribution in [0.2, 0.25) is 5.02 Å². The number of nitrogens with one attached hydrogen (secondary N) is 1. The van der Waals surface area contributed by atoms with Crippen LogP contribution in [0.3, 0.4) is 0 Å². The summed E-state index contributed by atoms with van der Waals surface area (Å²) in [7, 11) is 1.53. The van der Waals surface area contributed by atoms with Crippen LogP contribution in [0.25, 0.3) is 0 Å². The lowest BCUT2D eigenvalue weighted by Crippen LogP contribution is -2.27. The molecule has 122 valence electrons. The van der Waals surface area contributed by atoms with Crippen molar-refractivity contribution in [3.8, 4) is 5.75 Å². The highest BCUT2D eigenvalue weighted by atomic mass is 79.9. The van der Waals surface area contributed by atoms with Crippen molar-refractivity contribution in [3.05, 3.63) is 57.5 Å². The lowest BCUT2D eigenvalue weighted by atomic mass is 10.2. The van der Waals surface area contributed by atoms with Gasteiger partial charge in [0.25, 0.3) is 5.91 Å². The number of hydrogen-bond acceptors (Lipinski definition) is 3. The second-order valence-corrected chi connectivity index (χ2v) is 6.19. The molecule has 0 aliphatic heterocycles. The van der Waals surface area contributed by atoms with E-state index >= 15 is 0 Å². The van der Waals surface area contributed by atoms with Gasteiger partial charge in [-0.05, 0) is 40.5 Å². The summed E-state index contributed by atoms with van der Waals surface area (Å²) < 4.78 is 11.5. The third-order valence-corrected chi connectivity index (χ3v) is 3.99. The number of benzene rings is 2. The number of carbonyl (C=O) groups is 1. The van der Waals surface area contributed by atoms with Crippen molar-refractivity contribution in [3.63, 3.8) is 0 Å². The molecule has 0 saturated carbocycles. The van der Waals surface area contributed by atoms with Crippen LogP contribution in [0, 0.1) is 0 Å². The van der Waals surface area contributed by atoms with Crippen LogP contribution in [-0.4, -0.2) is 19.1 Å². The number of anilines is 1. The molecule has 23 heavy (non-hydrogen) atoms. The van der Waals surface area contributed by atoms with Crippen molar-refractivity contribution >= 4 is 39.1 Å². The van der Waals surface area contributed by atoms with Gasteiger partial charge in [0.05, 0.1) is 23.9 Å². The maximum Gasteiger partial charge on any atom is 0.253 e. The molecule has 1 N–H and O–H groups in total. The van der Waals surface area contributed by atoms with E-state index in [9.17, 15) is 4.79 Å². The minimum absolute atomic E-state index is 0.270. The highest BCUT2D eigenvalue weighted by Gasteiger charge is 2.17. The van der Waals surface area contributed by atoms with Crippen molar-refractivity contribution < 1.29 is 14.3 Å². The Hall–Kier alpha value is -1.56. The lowest BCUT2D eigenvalue weighted by molar-refractivity contribution is -0.127. The van der Waals surface area contributed by atoms with Gasteiger partial charge in [-0.15, -0.1) is 0 Å². The zero-order valence-electron chi connectivity index (χ0n) is 12.8. The van der Waals surface area contributed by atoms with Crippen LogP contribution in [0.15, 0.2) is 46.9 Å². The second-order valence-electron chi connectivity index (χ2n) is 4.90. The number of amides is 1. The maximum absolute atomic E-state index is 12.3. The number of hydrogen-bond donors (Lipinski definition) is 1. The van der Waals surface area contributed by atoms with Gasteiger partial charge in [-0.3, -0.25) is 4.79 Å². The third kappa shape index (κ3) is 4.96. The van der Waals surface area contributed by atoms with Gasteiger partial charge in [0.2, 0.25) is 0 Å². The Morgan fingerprint density at radius 1 is 1.30 bits per heavy atom. The standard InChI is InChI=1S/C17H17BrClNO3/c1-11(23-10-12-6-4-3-5-7-12)17(21)20-15-9-13(19)8-14(18)16(15)22-2/h3-9,11H,10H2,1-2H3,(H,20,21). The van der Waals surface area contributed by atoms with E-state index in [-0.39, 0.29) is 5.91 Å². The first kappa shape index (κ1) is 17.8. The maximum atomic E-state index is 12.3. The average molecular weight is 399 g/mol. The van der Waals surface area contributed by atoms with Crippen molar-refractivity contribution in [2.45, 2.75) is 19.6 Å². The SMILES string of the molecule is COc1c(Br)cc(Cl)cc1NC(=O)C(C)OCc1ccccc1. The van der Waals surface area contributed by atoms with E-state index in [1.807, 2.05) is 30.3 Å². The van der Waals surface area contributed by atoms with E-state index in [2.05, 4.69) is 21.2 Å². The molecule has 6 heteroatoms. The first-order chi connectivity index (χ1) is 11.0. The summed E-state index contributed by atoms with van der Waals surface area (Å²) in [6, 6.07) is 13.0. The van der Waals surface area contributed by atoms with Crippen LogP contribution in [0.1, 0.15) is 12.5 Å². The Balaban J connectivity index is 2.01. The predicted octanol–water partition coefficient (Wildman–Crippen LogP) is 4.65. The summed E-state index contributed by atoms with van der Waals surface area (Å²) in [5.41, 5.74) is 1.50. The van der Waals surface area contributed by atoms with Gasteiger partial charge in [-0.25, -0.2) is 0 Å². The lowest BCUT2D eigenvalue weighted by Gasteiger charge is -2.16. The van der Waals surface area contributed by atoms with Gasteiger partial charge < -0.3 is 14.8 Å². The van der Waals surface area contributed by atoms with E-state index in [0.717, 1.165) is 5.56 Å². The Kier molecular flexibility index (Phi) is 6.45. The van der Waals surface area contributed by atoms with E-state index in [1.165, 1.54) is 7.11 Å². The molecule has 4 nitrogen and oxygen atoms in total. The largest absolute Gasteiger partial charge is 0.493 e. The van der Waals surface area contributed by atoms with Crippen LogP contribution in [0.5, 0.6) is 5.75 Å². The molecular weight excluding hydrogens is 382 g/mol. The topological polar surface area (TPSA) is 47.6 Å². The molecule has 0 bridgehead atoms. The molecule has 0 aliphatic rings. The molecule has 0 aromatic heterocycles. The number of rotatable bonds is 6. The highest BCUT2D eigenvalue weighted by Crippen LogP contribution is 2.36. The fraction of sp³-hybridized carbons (Fsp3) is 0.235. The summed E-state index contributed by atoms with van der Waals surface area (Å²) in [6.07, 6.45) is -0.613. The molecule has 1 atom stereocenters. The van der Waals surface area contributed by atoms with Gasteiger partial charge in [0.15, 0.2) is 5.75 Å². The fourth-order valence-electron chi connectivity index (χ4n) is 1.97. The molecule has 0 heterocycles. The average Bonchev–Trinajstić information content (AvgIpc) is 2.53. The Bertz CT molecular complexity index is 679. The van der Waals surface area contributed by atoms with Gasteiger partial charge in [-0.1, -0.05) is 41.9 Å². The summed E-state index contributed by atoms with van der Waals surface area (Å²) in [6.45, 7) is 2.07. The summed E-state index contributed by atoms with van der Waals surface area (Å²) in [5, 5.41) is 3.27. The molecule has 0 saturated heterocycles. The molecular formula is C17H17BrClNO3. The smallest absolute Gasteiger partial charge is 0.253 e. The van der Waals surface area contributed by atoms with Crippen molar-refractivity contribution in [2.24, 2.45) is 0 Å². The molecule has 2 rings (SSSR count). The minimum Gasteiger partial charge on any atom is -0.493 e. The molecule has 2 aromatic rings. The van der Waals surface area contributed by atoms with Crippen LogP contribution in [-0.2, 0) is 16.1 Å². The van der Waals surface area contributed by atoms with Crippen LogP contribution < -0.4 is 10.1 Å². The molecule has 1 unspecified atom stereocenters. The molecule has 2 aromatic carbocycles. The van der Waals surface area contributed by atoms with Gasteiger partial charge >= 0.3 is 0 Å². The molecule has 1 amide bonds. The first-order valence-corrected chi connectivity index (χ1v) is 8.17. The van der Waals surface area contributed by atoms with E-state index in [4.69, 9.17) is 21.1 Å². The van der Waals surface area contributed by atoms with E-state index < -0.39 is 6.10 Å². The number of carbonyl (C=O) groups excluding carboxylic acids is 1. The van der Waals surface area contributed by atoms with E-state index in [0.29, 0.717) is 27.5 Å². The Labute approximate surface area is 148 Å². The van der Waals surface area contributed by atoms with Gasteiger partial charge in [-0.2, -0.15) is 0 Å². The summed E-state index contributed by atoms with van der Waals surface area (Å²) in [4.78, 5) is 12.3. The molecule has 0 aliphatic carbocycles. The van der Waals surface area contributed by atoms with Crippen LogP contribution >= 0.6 is 27.5 Å². The summed E-state index contributed by atoms with van der Waals surface area (Å²) >= 11 is 9.37. The minimum atomic E-state index is -0.613. The molecule has 0 radical (unpaired) electrons. The van der Waals surface area contributed by atoms with Crippen molar-refractivity contribution in [2.75, 3.05) is 12.4 Å². The monoisotopic (exact) mass is 397 g/mol. The van der Waals surface area contributed by atoms with Crippen molar-refractivity contribution in [1.82, 2.24) is 0 Å². The first-order valence-electron chi connectivity index (χ1n) is 7.00. The third-order valence-electron chi connectivity index (χ3n) is 3.18. The van der Waals surface area contributed by atoms with Crippen molar-refractivity contribution in [1.29, 1.82) is 0 Å². The number of ether oxygens (including phenoxy) is 2. The zero-order valence-corrected chi connectivity index (χ0v) is 15.1. The quantitative estimate of drug-likeness (QED) is 0.770. The summed E-state index contributed by atoms with van der Waals surface area (Å²) in [5.74, 6) is 0.242. The zero-order chi connectivity index (χ0) is 16.8. The Morgan fingerprint density at radius 3 is 2.65 bits per heavy atom. The predicted molar refractivity (Wildman–Crippen MR) is 95.0 cm³/mol. The highest BCUT2D eigenvalue weighted by molar-refractivity contribution is 9.10. The van der Waals surface area contributed by atoms with Gasteiger partial charge in [0.1, 0.15) is 6.10 Å². The molecule has 0 fully saturated rings. The van der Waals surface area contributed by atoms with Gasteiger partial charge in [0, 0.05) is 5.02 Å². The van der Waals surface area contributed by atoms with E-state index in [1.54, 1.807) is 19.1 Å². The van der Waals surface area contributed by atoms with Crippen LogP contribution in [0.4, 0.5) is 5.69 Å². The fourth-order valence-corrected chi connectivity index (χ4v) is 2.94. The number of halogens is 2. The number of methoxy groups -OCH3 is 1. The Morgan fingerprint density at radius 2 is 2.00 bits per heavy atom. The normalized spacial score (nSPS) is 11.8. The second kappa shape index (κ2) is 8.34. The molecule has 0 spiro atoms.